The summed E-state index contributed by atoms with van der Waals surface area (Å²) in [6.07, 6.45) is 0. The summed E-state index contributed by atoms with van der Waals surface area (Å²) < 4.78 is 0. The summed E-state index contributed by atoms with van der Waals surface area (Å²) in [5, 5.41) is 3.27. The van der Waals surface area contributed by atoms with E-state index in [0.717, 1.165) is 10.6 Å². The zero-order chi connectivity index (χ0) is 8.55. The molecule has 2 nitrogen and oxygen atoms in total. The first kappa shape index (κ1) is 7.68. The number of aryl methyl sites for hydroxylation is 1. The van der Waals surface area contributed by atoms with Crippen LogP contribution in [0.25, 0.3) is 0 Å². The van der Waals surface area contributed by atoms with Gasteiger partial charge in [-0.1, -0.05) is 6.07 Å². The Morgan fingerprint density at radius 2 is 2.33 bits per heavy atom. The van der Waals surface area contributed by atoms with Gasteiger partial charge in [0.1, 0.15) is 0 Å². The third-order valence-electron chi connectivity index (χ3n) is 1.78. The van der Waals surface area contributed by atoms with Crippen LogP contribution in [0.2, 0.25) is 0 Å². The third-order valence-corrected chi connectivity index (χ3v) is 2.73. The summed E-state index contributed by atoms with van der Waals surface area (Å²) in [6.45, 7) is 2.49. The fraction of sp³-hybridized carbons (Fsp3) is 0.222. The highest BCUT2D eigenvalue weighted by atomic mass is 32.2. The molecule has 0 aromatic heterocycles. The molecule has 0 unspecified atom stereocenters. The maximum atomic E-state index is 11.0. The highest BCUT2D eigenvalue weighted by molar-refractivity contribution is 8.14. The SMILES string of the molecule is Cc1ccc2c(c1)NCC(=O)S2. The molecule has 1 aromatic carbocycles. The largest absolute Gasteiger partial charge is 0.376 e. The third kappa shape index (κ3) is 1.32. The number of fused-ring (bicyclic) bond motifs is 1. The van der Waals surface area contributed by atoms with Crippen molar-refractivity contribution < 1.29 is 4.79 Å². The van der Waals surface area contributed by atoms with E-state index in [-0.39, 0.29) is 5.12 Å². The number of hydrogen-bond donors (Lipinski definition) is 1. The molecule has 0 atom stereocenters. The highest BCUT2D eigenvalue weighted by Gasteiger charge is 2.14. The Hall–Kier alpha value is -0.960. The molecule has 2 rings (SSSR count). The van der Waals surface area contributed by atoms with Crippen molar-refractivity contribution in [3.8, 4) is 0 Å². The van der Waals surface area contributed by atoms with Crippen LogP contribution in [0.15, 0.2) is 23.1 Å². The van der Waals surface area contributed by atoms with Gasteiger partial charge in [0.2, 0.25) is 5.12 Å². The number of thioether (sulfide) groups is 1. The standard InChI is InChI=1S/C9H9NOS/c1-6-2-3-8-7(4-6)10-5-9(11)12-8/h2-4,10H,5H2,1H3. The molecular weight excluding hydrogens is 170 g/mol. The lowest BCUT2D eigenvalue weighted by Crippen LogP contribution is -2.15. The zero-order valence-corrected chi connectivity index (χ0v) is 7.57. The van der Waals surface area contributed by atoms with Crippen molar-refractivity contribution in [2.75, 3.05) is 11.9 Å². The molecule has 0 saturated carbocycles. The second-order valence-corrected chi connectivity index (χ2v) is 3.93. The van der Waals surface area contributed by atoms with Crippen LogP contribution in [-0.2, 0) is 4.79 Å². The molecule has 0 saturated heterocycles. The number of hydrogen-bond acceptors (Lipinski definition) is 3. The lowest BCUT2D eigenvalue weighted by atomic mass is 10.2. The molecule has 0 aliphatic carbocycles. The quantitative estimate of drug-likeness (QED) is 0.660. The van der Waals surface area contributed by atoms with Gasteiger partial charge in [-0.25, -0.2) is 0 Å². The van der Waals surface area contributed by atoms with Crippen molar-refractivity contribution in [2.45, 2.75) is 11.8 Å². The van der Waals surface area contributed by atoms with Gasteiger partial charge in [0, 0.05) is 10.6 Å². The fourth-order valence-electron chi connectivity index (χ4n) is 1.20. The lowest BCUT2D eigenvalue weighted by Gasteiger charge is -2.16. The van der Waals surface area contributed by atoms with E-state index in [0.29, 0.717) is 6.54 Å². The van der Waals surface area contributed by atoms with E-state index >= 15 is 0 Å². The van der Waals surface area contributed by atoms with Gasteiger partial charge in [0.25, 0.3) is 0 Å². The minimum absolute atomic E-state index is 0.186. The van der Waals surface area contributed by atoms with Crippen molar-refractivity contribution in [3.05, 3.63) is 23.8 Å². The van der Waals surface area contributed by atoms with Crippen LogP contribution in [0, 0.1) is 6.92 Å². The Kier molecular flexibility index (Phi) is 1.81. The van der Waals surface area contributed by atoms with Crippen molar-refractivity contribution in [1.82, 2.24) is 0 Å². The van der Waals surface area contributed by atoms with Crippen molar-refractivity contribution in [3.63, 3.8) is 0 Å². The number of anilines is 1. The van der Waals surface area contributed by atoms with Crippen LogP contribution in [-0.4, -0.2) is 11.7 Å². The minimum Gasteiger partial charge on any atom is -0.376 e. The van der Waals surface area contributed by atoms with Crippen LogP contribution in [0.5, 0.6) is 0 Å². The predicted molar refractivity (Wildman–Crippen MR) is 50.5 cm³/mol. The van der Waals surface area contributed by atoms with Crippen molar-refractivity contribution in [2.24, 2.45) is 0 Å². The maximum Gasteiger partial charge on any atom is 0.212 e. The Bertz CT molecular complexity index is 335. The zero-order valence-electron chi connectivity index (χ0n) is 6.76. The summed E-state index contributed by atoms with van der Waals surface area (Å²) >= 11 is 1.32. The van der Waals surface area contributed by atoms with Crippen LogP contribution in [0.4, 0.5) is 5.69 Å². The van der Waals surface area contributed by atoms with Crippen LogP contribution >= 0.6 is 11.8 Å². The molecule has 1 aliphatic heterocycles. The first-order valence-electron chi connectivity index (χ1n) is 3.81. The molecule has 3 heteroatoms. The molecule has 0 spiro atoms. The highest BCUT2D eigenvalue weighted by Crippen LogP contribution is 2.31. The van der Waals surface area contributed by atoms with Gasteiger partial charge < -0.3 is 5.32 Å². The minimum atomic E-state index is 0.186. The molecule has 1 aliphatic rings. The molecule has 1 heterocycles. The van der Waals surface area contributed by atoms with E-state index in [9.17, 15) is 4.79 Å². The van der Waals surface area contributed by atoms with E-state index in [1.807, 2.05) is 19.1 Å². The van der Waals surface area contributed by atoms with Gasteiger partial charge >= 0.3 is 0 Å². The number of benzene rings is 1. The molecule has 0 amide bonds. The van der Waals surface area contributed by atoms with Gasteiger partial charge in [0.05, 0.1) is 6.54 Å². The molecule has 62 valence electrons. The Morgan fingerprint density at radius 3 is 3.17 bits per heavy atom. The van der Waals surface area contributed by atoms with Crippen LogP contribution in [0.3, 0.4) is 0 Å². The lowest BCUT2D eigenvalue weighted by molar-refractivity contribution is -0.109. The van der Waals surface area contributed by atoms with Gasteiger partial charge in [-0.15, -0.1) is 0 Å². The van der Waals surface area contributed by atoms with Crippen LogP contribution in [0.1, 0.15) is 5.56 Å². The number of nitrogens with one attached hydrogen (secondary N) is 1. The number of carbonyl (C=O) groups is 1. The maximum absolute atomic E-state index is 11.0. The molecule has 1 aromatic rings. The molecule has 0 fully saturated rings. The average Bonchev–Trinajstić information content (AvgIpc) is 2.05. The Labute approximate surface area is 75.4 Å². The van der Waals surface area contributed by atoms with Crippen LogP contribution < -0.4 is 5.32 Å². The summed E-state index contributed by atoms with van der Waals surface area (Å²) in [5.74, 6) is 0. The topological polar surface area (TPSA) is 29.1 Å². The summed E-state index contributed by atoms with van der Waals surface area (Å²) in [5.41, 5.74) is 2.30. The van der Waals surface area contributed by atoms with E-state index in [1.54, 1.807) is 0 Å². The summed E-state index contributed by atoms with van der Waals surface area (Å²) in [7, 11) is 0. The van der Waals surface area contributed by atoms with E-state index in [4.69, 9.17) is 0 Å². The van der Waals surface area contributed by atoms with E-state index < -0.39 is 0 Å². The van der Waals surface area contributed by atoms with Gasteiger partial charge in [-0.05, 0) is 36.4 Å². The monoisotopic (exact) mass is 179 g/mol. The Morgan fingerprint density at radius 1 is 1.50 bits per heavy atom. The first-order chi connectivity index (χ1) is 5.75. The normalized spacial score (nSPS) is 15.2. The van der Waals surface area contributed by atoms with Crippen molar-refractivity contribution >= 4 is 22.6 Å². The van der Waals surface area contributed by atoms with E-state index in [1.165, 1.54) is 17.3 Å². The second-order valence-electron chi connectivity index (χ2n) is 2.83. The molecule has 0 bridgehead atoms. The van der Waals surface area contributed by atoms with Gasteiger partial charge in [-0.2, -0.15) is 0 Å². The smallest absolute Gasteiger partial charge is 0.212 e. The predicted octanol–water partition coefficient (Wildman–Crippen LogP) is 2.04. The molecular formula is C9H9NOS. The second kappa shape index (κ2) is 2.83. The van der Waals surface area contributed by atoms with Gasteiger partial charge in [0.15, 0.2) is 0 Å². The van der Waals surface area contributed by atoms with E-state index in [2.05, 4.69) is 11.4 Å². The molecule has 0 radical (unpaired) electrons. The number of carbonyl (C=O) groups excluding carboxylic acids is 1. The average molecular weight is 179 g/mol. The number of rotatable bonds is 0. The molecule has 12 heavy (non-hydrogen) atoms. The first-order valence-corrected chi connectivity index (χ1v) is 4.62. The summed E-state index contributed by atoms with van der Waals surface area (Å²) in [6, 6.07) is 6.07. The summed E-state index contributed by atoms with van der Waals surface area (Å²) in [4.78, 5) is 12.0. The van der Waals surface area contributed by atoms with Crippen molar-refractivity contribution in [1.29, 1.82) is 0 Å². The van der Waals surface area contributed by atoms with Gasteiger partial charge in [-0.3, -0.25) is 4.79 Å². The Balaban J connectivity index is 2.43. The fourth-order valence-corrected chi connectivity index (χ4v) is 1.96. The molecule has 1 N–H and O–H groups in total.